The first kappa shape index (κ1) is 13.9. The summed E-state index contributed by atoms with van der Waals surface area (Å²) in [6, 6.07) is 6.11. The van der Waals surface area contributed by atoms with Gasteiger partial charge in [0.1, 0.15) is 0 Å². The normalized spacial score (nSPS) is 11.7. The van der Waals surface area contributed by atoms with E-state index in [4.69, 9.17) is 4.98 Å². The molecule has 0 fully saturated rings. The van der Waals surface area contributed by atoms with Crippen molar-refractivity contribution in [2.75, 3.05) is 0 Å². The molecule has 0 spiro atoms. The van der Waals surface area contributed by atoms with Gasteiger partial charge in [-0.3, -0.25) is 0 Å². The third-order valence-corrected chi connectivity index (χ3v) is 4.06. The predicted molar refractivity (Wildman–Crippen MR) is 89.1 cm³/mol. The van der Waals surface area contributed by atoms with Crippen molar-refractivity contribution in [3.05, 3.63) is 46.5 Å². The lowest BCUT2D eigenvalue weighted by molar-refractivity contribution is 0.806. The Balaban J connectivity index is 2.07. The van der Waals surface area contributed by atoms with Crippen molar-refractivity contribution in [3.63, 3.8) is 0 Å². The maximum atomic E-state index is 4.72. The average molecular weight is 306 g/mol. The molecule has 0 saturated carbocycles. The van der Waals surface area contributed by atoms with E-state index in [0.717, 1.165) is 45.2 Å². The Morgan fingerprint density at radius 1 is 0.783 bits per heavy atom. The fraction of sp³-hybridized carbons (Fsp3) is 0.294. The summed E-state index contributed by atoms with van der Waals surface area (Å²) < 4.78 is 3.72. The number of hydrogen-bond acceptors (Lipinski definition) is 4. The van der Waals surface area contributed by atoms with Gasteiger partial charge in [-0.05, 0) is 58.4 Å². The lowest BCUT2D eigenvalue weighted by Gasteiger charge is -2.05. The van der Waals surface area contributed by atoms with E-state index in [1.807, 2.05) is 55.1 Å². The molecular weight excluding hydrogens is 288 g/mol. The van der Waals surface area contributed by atoms with Gasteiger partial charge in [0.2, 0.25) is 0 Å². The van der Waals surface area contributed by atoms with Crippen LogP contribution >= 0.6 is 0 Å². The monoisotopic (exact) mass is 306 g/mol. The van der Waals surface area contributed by atoms with Crippen molar-refractivity contribution in [2.24, 2.45) is 0 Å². The van der Waals surface area contributed by atoms with Gasteiger partial charge in [-0.2, -0.15) is 5.10 Å². The number of fused-ring (bicyclic) bond motifs is 3. The van der Waals surface area contributed by atoms with Crippen LogP contribution in [0.1, 0.15) is 28.3 Å². The molecule has 116 valence electrons. The maximum absolute atomic E-state index is 4.72. The standard InChI is InChI=1S/C17H18N6/c1-9-6-14(22-12(4)8-11(3)20-22)19-16-15(9)17-18-10(2)7-13(5)23(17)21-16/h6-8H,1-5H3. The topological polar surface area (TPSA) is 60.9 Å². The summed E-state index contributed by atoms with van der Waals surface area (Å²) in [5, 5.41) is 10.2. The van der Waals surface area contributed by atoms with Crippen molar-refractivity contribution >= 4 is 16.7 Å². The molecular formula is C17H18N6. The van der Waals surface area contributed by atoms with Gasteiger partial charge in [-0.15, -0.1) is 5.10 Å². The van der Waals surface area contributed by atoms with Gasteiger partial charge < -0.3 is 0 Å². The van der Waals surface area contributed by atoms with Gasteiger partial charge in [0.25, 0.3) is 0 Å². The minimum atomic E-state index is 0.703. The van der Waals surface area contributed by atoms with E-state index < -0.39 is 0 Å². The Kier molecular flexibility index (Phi) is 2.78. The molecule has 4 aromatic heterocycles. The molecule has 0 aliphatic rings. The third-order valence-electron chi connectivity index (χ3n) is 4.06. The highest BCUT2D eigenvalue weighted by atomic mass is 15.3. The van der Waals surface area contributed by atoms with Crippen LogP contribution in [0.3, 0.4) is 0 Å². The lowest BCUT2D eigenvalue weighted by Crippen LogP contribution is -2.02. The van der Waals surface area contributed by atoms with Crippen LogP contribution < -0.4 is 0 Å². The first-order chi connectivity index (χ1) is 10.9. The predicted octanol–water partition coefficient (Wildman–Crippen LogP) is 3.01. The molecule has 0 radical (unpaired) electrons. The molecule has 0 aromatic carbocycles. The largest absolute Gasteiger partial charge is 0.233 e. The Bertz CT molecular complexity index is 1070. The zero-order valence-electron chi connectivity index (χ0n) is 13.9. The van der Waals surface area contributed by atoms with Crippen LogP contribution in [0.4, 0.5) is 0 Å². The average Bonchev–Trinajstić information content (AvgIpc) is 2.99. The van der Waals surface area contributed by atoms with Crippen molar-refractivity contribution in [1.29, 1.82) is 0 Å². The number of hydrogen-bond donors (Lipinski definition) is 0. The van der Waals surface area contributed by atoms with Crippen molar-refractivity contribution in [1.82, 2.24) is 29.4 Å². The molecule has 0 N–H and O–H groups in total. The van der Waals surface area contributed by atoms with Crippen LogP contribution in [0.5, 0.6) is 0 Å². The molecule has 4 rings (SSSR count). The summed E-state index contributed by atoms with van der Waals surface area (Å²) in [6.07, 6.45) is 0. The van der Waals surface area contributed by atoms with Crippen LogP contribution in [0, 0.1) is 34.6 Å². The Morgan fingerprint density at radius 2 is 1.52 bits per heavy atom. The van der Waals surface area contributed by atoms with E-state index in [2.05, 4.69) is 22.1 Å². The molecule has 0 amide bonds. The Hall–Kier alpha value is -2.76. The third kappa shape index (κ3) is 2.02. The summed E-state index contributed by atoms with van der Waals surface area (Å²) in [6.45, 7) is 10.1. The second-order valence-electron chi connectivity index (χ2n) is 6.11. The molecule has 6 nitrogen and oxygen atoms in total. The van der Waals surface area contributed by atoms with Crippen LogP contribution in [0.25, 0.3) is 22.5 Å². The van der Waals surface area contributed by atoms with Gasteiger partial charge in [0, 0.05) is 17.1 Å². The maximum Gasteiger partial charge on any atom is 0.186 e. The van der Waals surface area contributed by atoms with Crippen LogP contribution in [0.15, 0.2) is 18.2 Å². The lowest BCUT2D eigenvalue weighted by atomic mass is 10.2. The zero-order valence-corrected chi connectivity index (χ0v) is 13.9. The van der Waals surface area contributed by atoms with Gasteiger partial charge in [0.05, 0.1) is 11.1 Å². The minimum Gasteiger partial charge on any atom is -0.233 e. The van der Waals surface area contributed by atoms with Gasteiger partial charge in [-0.25, -0.2) is 19.2 Å². The highest BCUT2D eigenvalue weighted by molar-refractivity contribution is 5.93. The quantitative estimate of drug-likeness (QED) is 0.542. The second-order valence-corrected chi connectivity index (χ2v) is 6.11. The fourth-order valence-corrected chi connectivity index (χ4v) is 3.12. The molecule has 4 heterocycles. The van der Waals surface area contributed by atoms with E-state index in [1.165, 1.54) is 0 Å². The molecule has 0 aliphatic carbocycles. The molecule has 4 aromatic rings. The smallest absolute Gasteiger partial charge is 0.186 e. The van der Waals surface area contributed by atoms with Gasteiger partial charge in [-0.1, -0.05) is 0 Å². The molecule has 0 bridgehead atoms. The summed E-state index contributed by atoms with van der Waals surface area (Å²) in [4.78, 5) is 9.36. The van der Waals surface area contributed by atoms with Crippen molar-refractivity contribution < 1.29 is 0 Å². The van der Waals surface area contributed by atoms with E-state index in [-0.39, 0.29) is 0 Å². The number of aromatic nitrogens is 6. The highest BCUT2D eigenvalue weighted by Crippen LogP contribution is 2.24. The molecule has 0 aliphatic heterocycles. The van der Waals surface area contributed by atoms with Gasteiger partial charge in [0.15, 0.2) is 17.1 Å². The number of aryl methyl sites for hydroxylation is 5. The molecule has 23 heavy (non-hydrogen) atoms. The van der Waals surface area contributed by atoms with Gasteiger partial charge >= 0.3 is 0 Å². The van der Waals surface area contributed by atoms with E-state index in [9.17, 15) is 0 Å². The summed E-state index contributed by atoms with van der Waals surface area (Å²) in [5.41, 5.74) is 6.74. The summed E-state index contributed by atoms with van der Waals surface area (Å²) >= 11 is 0. The van der Waals surface area contributed by atoms with Crippen molar-refractivity contribution in [3.8, 4) is 5.82 Å². The summed E-state index contributed by atoms with van der Waals surface area (Å²) in [5.74, 6) is 0.790. The highest BCUT2D eigenvalue weighted by Gasteiger charge is 2.15. The molecule has 0 atom stereocenters. The van der Waals surface area contributed by atoms with Crippen LogP contribution in [-0.4, -0.2) is 29.4 Å². The SMILES string of the molecule is Cc1cc(C)n2nc3nc(-n4nc(C)cc4C)cc(C)c3c2n1. The number of rotatable bonds is 1. The van der Waals surface area contributed by atoms with Crippen molar-refractivity contribution in [2.45, 2.75) is 34.6 Å². The fourth-order valence-electron chi connectivity index (χ4n) is 3.12. The van der Waals surface area contributed by atoms with Crippen LogP contribution in [0.2, 0.25) is 0 Å². The van der Waals surface area contributed by atoms with E-state index in [0.29, 0.717) is 5.65 Å². The molecule has 6 heteroatoms. The first-order valence-electron chi connectivity index (χ1n) is 7.62. The first-order valence-corrected chi connectivity index (χ1v) is 7.62. The van der Waals surface area contributed by atoms with Crippen LogP contribution in [-0.2, 0) is 0 Å². The minimum absolute atomic E-state index is 0.703. The van der Waals surface area contributed by atoms with E-state index in [1.54, 1.807) is 0 Å². The Labute approximate surface area is 133 Å². The van der Waals surface area contributed by atoms with E-state index >= 15 is 0 Å². The number of nitrogens with zero attached hydrogens (tertiary/aromatic N) is 6. The summed E-state index contributed by atoms with van der Waals surface area (Å²) in [7, 11) is 0. The number of pyridine rings is 1. The Morgan fingerprint density at radius 3 is 2.22 bits per heavy atom. The molecule has 0 saturated heterocycles. The second kappa shape index (κ2) is 4.62. The molecule has 0 unspecified atom stereocenters. The zero-order chi connectivity index (χ0) is 16.3.